The molecule has 0 spiro atoms. The van der Waals surface area contributed by atoms with Crippen molar-refractivity contribution in [1.82, 2.24) is 4.98 Å². The Balaban J connectivity index is 1.52. The van der Waals surface area contributed by atoms with Crippen molar-refractivity contribution in [1.29, 1.82) is 0 Å². The maximum Gasteiger partial charge on any atom is 0.252 e. The molecule has 1 saturated heterocycles. The Morgan fingerprint density at radius 2 is 1.74 bits per heavy atom. The van der Waals surface area contributed by atoms with Crippen molar-refractivity contribution < 1.29 is 13.6 Å². The maximum atomic E-state index is 13.9. The summed E-state index contributed by atoms with van der Waals surface area (Å²) in [4.78, 5) is 18.5. The van der Waals surface area contributed by atoms with E-state index < -0.39 is 17.5 Å². The van der Waals surface area contributed by atoms with E-state index in [0.717, 1.165) is 24.3 Å². The van der Waals surface area contributed by atoms with E-state index in [1.54, 1.807) is 6.07 Å². The van der Waals surface area contributed by atoms with Gasteiger partial charge in [0.05, 0.1) is 11.3 Å². The van der Waals surface area contributed by atoms with Crippen LogP contribution in [0.2, 0.25) is 0 Å². The third-order valence-electron chi connectivity index (χ3n) is 5.54. The first-order chi connectivity index (χ1) is 15.0. The van der Waals surface area contributed by atoms with Crippen LogP contribution in [0.25, 0.3) is 0 Å². The summed E-state index contributed by atoms with van der Waals surface area (Å²) in [5.41, 5.74) is 8.93. The van der Waals surface area contributed by atoms with Gasteiger partial charge in [-0.25, -0.2) is 8.78 Å². The first-order valence-electron chi connectivity index (χ1n) is 10.3. The van der Waals surface area contributed by atoms with Gasteiger partial charge in [-0.05, 0) is 48.7 Å². The maximum absolute atomic E-state index is 13.9. The van der Waals surface area contributed by atoms with Crippen molar-refractivity contribution in [2.75, 3.05) is 23.3 Å². The van der Waals surface area contributed by atoms with Crippen LogP contribution >= 0.6 is 0 Å². The third-order valence-corrected chi connectivity index (χ3v) is 5.54. The number of halogens is 2. The van der Waals surface area contributed by atoms with E-state index in [4.69, 9.17) is 5.73 Å². The Labute approximate surface area is 179 Å². The van der Waals surface area contributed by atoms with Gasteiger partial charge in [-0.1, -0.05) is 18.2 Å². The number of nitrogens with one attached hydrogen (secondary N) is 1. The zero-order valence-corrected chi connectivity index (χ0v) is 17.1. The fraction of sp³-hybridized carbons (Fsp3) is 0.250. The van der Waals surface area contributed by atoms with Gasteiger partial charge in [-0.15, -0.1) is 0 Å². The Morgan fingerprint density at radius 3 is 2.39 bits per heavy atom. The molecule has 0 bridgehead atoms. The smallest absolute Gasteiger partial charge is 0.252 e. The van der Waals surface area contributed by atoms with Crippen molar-refractivity contribution in [2.24, 2.45) is 5.73 Å². The normalized spacial score (nSPS) is 13.4. The summed E-state index contributed by atoms with van der Waals surface area (Å²) < 4.78 is 27.9. The summed E-state index contributed by atoms with van der Waals surface area (Å²) in [6, 6.07) is 13.8. The summed E-state index contributed by atoms with van der Waals surface area (Å²) in [6.07, 6.45) is 4.41. The molecule has 0 aliphatic carbocycles. The van der Waals surface area contributed by atoms with E-state index in [1.165, 1.54) is 42.9 Å². The van der Waals surface area contributed by atoms with Crippen LogP contribution in [-0.4, -0.2) is 24.0 Å². The molecular weight excluding hydrogens is 398 g/mol. The van der Waals surface area contributed by atoms with Gasteiger partial charge in [-0.2, -0.15) is 0 Å². The molecule has 0 radical (unpaired) electrons. The minimum atomic E-state index is -0.662. The fourth-order valence-corrected chi connectivity index (χ4v) is 3.83. The number of carbonyl (C=O) groups excluding carboxylic acids is 1. The highest BCUT2D eigenvalue weighted by Crippen LogP contribution is 2.23. The van der Waals surface area contributed by atoms with E-state index in [9.17, 15) is 13.6 Å². The predicted molar refractivity (Wildman–Crippen MR) is 117 cm³/mol. The zero-order chi connectivity index (χ0) is 21.8. The number of amides is 1. The number of primary amides is 1. The number of benzene rings is 2. The second-order valence-corrected chi connectivity index (χ2v) is 7.68. The lowest BCUT2D eigenvalue weighted by Crippen LogP contribution is -2.17. The highest BCUT2D eigenvalue weighted by Gasteiger charge is 2.14. The standard InChI is InChI=1S/C24H24F2N4O/c25-21-4-3-5-22(26)19(21)14-29-23-13-17(28-15-20(23)24(27)31)12-16-6-8-18(9-7-16)30-10-1-2-11-30/h3-9,13,15H,1-2,10-12,14H2,(H2,27,31)(H,28,29). The van der Waals surface area contributed by atoms with Crippen molar-refractivity contribution >= 4 is 17.3 Å². The first-order valence-corrected chi connectivity index (χ1v) is 10.3. The molecule has 7 heteroatoms. The molecule has 0 unspecified atom stereocenters. The van der Waals surface area contributed by atoms with Crippen LogP contribution in [0.5, 0.6) is 0 Å². The van der Waals surface area contributed by atoms with Crippen LogP contribution in [0, 0.1) is 11.6 Å². The molecule has 3 aromatic rings. The molecule has 1 aliphatic rings. The molecule has 1 aromatic heterocycles. The minimum absolute atomic E-state index is 0.103. The lowest BCUT2D eigenvalue weighted by atomic mass is 10.1. The number of anilines is 2. The number of hydrogen-bond donors (Lipinski definition) is 2. The summed E-state index contributed by atoms with van der Waals surface area (Å²) >= 11 is 0. The number of nitrogens with two attached hydrogens (primary N) is 1. The van der Waals surface area contributed by atoms with Gasteiger partial charge in [0.2, 0.25) is 0 Å². The summed E-state index contributed by atoms with van der Waals surface area (Å²) in [6.45, 7) is 2.06. The lowest BCUT2D eigenvalue weighted by Gasteiger charge is -2.17. The van der Waals surface area contributed by atoms with Crippen molar-refractivity contribution in [3.63, 3.8) is 0 Å². The molecular formula is C24H24F2N4O. The van der Waals surface area contributed by atoms with Crippen LogP contribution in [0.3, 0.4) is 0 Å². The van der Waals surface area contributed by atoms with E-state index in [1.807, 2.05) is 0 Å². The summed E-state index contributed by atoms with van der Waals surface area (Å²) in [7, 11) is 0. The van der Waals surface area contributed by atoms with E-state index in [2.05, 4.69) is 39.5 Å². The fourth-order valence-electron chi connectivity index (χ4n) is 3.83. The molecule has 0 atom stereocenters. The molecule has 1 fully saturated rings. The molecule has 0 saturated carbocycles. The lowest BCUT2D eigenvalue weighted by molar-refractivity contribution is 0.100. The third kappa shape index (κ3) is 4.82. The molecule has 1 aliphatic heterocycles. The SMILES string of the molecule is NC(=O)c1cnc(Cc2ccc(N3CCCC3)cc2)cc1NCc1c(F)cccc1F. The second kappa shape index (κ2) is 9.12. The zero-order valence-electron chi connectivity index (χ0n) is 17.1. The summed E-state index contributed by atoms with van der Waals surface area (Å²) in [5.74, 6) is -1.97. The average molecular weight is 422 g/mol. The number of hydrogen-bond acceptors (Lipinski definition) is 4. The van der Waals surface area contributed by atoms with Gasteiger partial charge in [0.25, 0.3) is 5.91 Å². The van der Waals surface area contributed by atoms with Gasteiger partial charge < -0.3 is 16.0 Å². The number of carbonyl (C=O) groups is 1. The first kappa shape index (κ1) is 20.8. The number of pyridine rings is 1. The molecule has 5 nitrogen and oxygen atoms in total. The molecule has 2 heterocycles. The Bertz CT molecular complexity index is 1060. The Kier molecular flexibility index (Phi) is 6.11. The van der Waals surface area contributed by atoms with Crippen LogP contribution in [-0.2, 0) is 13.0 Å². The number of aromatic nitrogens is 1. The van der Waals surface area contributed by atoms with E-state index in [-0.39, 0.29) is 17.7 Å². The molecule has 3 N–H and O–H groups in total. The quantitative estimate of drug-likeness (QED) is 0.597. The van der Waals surface area contributed by atoms with Gasteiger partial charge >= 0.3 is 0 Å². The number of nitrogens with zero attached hydrogens (tertiary/aromatic N) is 2. The monoisotopic (exact) mass is 422 g/mol. The highest BCUT2D eigenvalue weighted by atomic mass is 19.1. The van der Waals surface area contributed by atoms with Gasteiger partial charge in [-0.3, -0.25) is 9.78 Å². The topological polar surface area (TPSA) is 71.2 Å². The summed E-state index contributed by atoms with van der Waals surface area (Å²) in [5, 5.41) is 2.94. The Morgan fingerprint density at radius 1 is 1.06 bits per heavy atom. The highest BCUT2D eigenvalue weighted by molar-refractivity contribution is 5.98. The predicted octanol–water partition coefficient (Wildman–Crippen LogP) is 4.26. The van der Waals surface area contributed by atoms with Crippen LogP contribution < -0.4 is 16.0 Å². The second-order valence-electron chi connectivity index (χ2n) is 7.68. The van der Waals surface area contributed by atoms with Gasteiger partial charge in [0, 0.05) is 49.2 Å². The van der Waals surface area contributed by atoms with Crippen molar-refractivity contribution in [3.8, 4) is 0 Å². The van der Waals surface area contributed by atoms with E-state index >= 15 is 0 Å². The average Bonchev–Trinajstić information content (AvgIpc) is 3.29. The molecule has 2 aromatic carbocycles. The van der Waals surface area contributed by atoms with Crippen molar-refractivity contribution in [2.45, 2.75) is 25.8 Å². The van der Waals surface area contributed by atoms with Gasteiger partial charge in [0.1, 0.15) is 11.6 Å². The van der Waals surface area contributed by atoms with Crippen LogP contribution in [0.4, 0.5) is 20.2 Å². The van der Waals surface area contributed by atoms with Crippen LogP contribution in [0.15, 0.2) is 54.7 Å². The Hall–Kier alpha value is -3.48. The van der Waals surface area contributed by atoms with E-state index in [0.29, 0.717) is 12.1 Å². The van der Waals surface area contributed by atoms with Gasteiger partial charge in [0.15, 0.2) is 0 Å². The molecule has 4 rings (SSSR count). The van der Waals surface area contributed by atoms with Crippen LogP contribution in [0.1, 0.15) is 40.0 Å². The largest absolute Gasteiger partial charge is 0.380 e. The molecule has 31 heavy (non-hydrogen) atoms. The van der Waals surface area contributed by atoms with Crippen molar-refractivity contribution in [3.05, 3.63) is 88.7 Å². The number of rotatable bonds is 7. The molecule has 1 amide bonds. The minimum Gasteiger partial charge on any atom is -0.380 e. The molecule has 160 valence electrons.